The van der Waals surface area contributed by atoms with Crippen LogP contribution in [0.3, 0.4) is 0 Å². The highest BCUT2D eigenvalue weighted by molar-refractivity contribution is 5.81. The van der Waals surface area contributed by atoms with Crippen molar-refractivity contribution in [2.45, 2.75) is 64.0 Å². The molecule has 122 valence electrons. The van der Waals surface area contributed by atoms with Gasteiger partial charge in [0.15, 0.2) is 6.10 Å². The van der Waals surface area contributed by atoms with Crippen LogP contribution >= 0.6 is 0 Å². The molecule has 1 aromatic carbocycles. The van der Waals surface area contributed by atoms with Crippen LogP contribution in [0.2, 0.25) is 0 Å². The molecule has 0 radical (unpaired) electrons. The highest BCUT2D eigenvalue weighted by Gasteiger charge is 2.22. The topological polar surface area (TPSA) is 47.6 Å². The molecule has 4 heteroatoms. The number of carbonyl (C=O) groups excluding carboxylic acids is 1. The maximum atomic E-state index is 12.4. The third-order valence-corrected chi connectivity index (χ3v) is 4.18. The van der Waals surface area contributed by atoms with E-state index in [1.165, 1.54) is 25.7 Å². The first-order valence-electron chi connectivity index (χ1n) is 8.34. The van der Waals surface area contributed by atoms with Crippen LogP contribution in [-0.4, -0.2) is 25.2 Å². The second-order valence-corrected chi connectivity index (χ2v) is 5.89. The van der Waals surface area contributed by atoms with E-state index in [0.717, 1.165) is 18.6 Å². The number of benzene rings is 1. The molecule has 1 fully saturated rings. The highest BCUT2D eigenvalue weighted by Crippen LogP contribution is 2.21. The molecule has 1 aliphatic carbocycles. The van der Waals surface area contributed by atoms with Crippen molar-refractivity contribution in [1.82, 2.24) is 5.32 Å². The Hall–Kier alpha value is -1.71. The van der Waals surface area contributed by atoms with Crippen LogP contribution in [0, 0.1) is 0 Å². The molecule has 0 heterocycles. The van der Waals surface area contributed by atoms with Gasteiger partial charge in [0.1, 0.15) is 11.5 Å². The number of nitrogens with one attached hydrogen (secondary N) is 1. The molecule has 1 amide bonds. The SMILES string of the molecule is CC[C@H](Oc1cccc(OC)c1)C(=O)NC1CCCCCC1. The Labute approximate surface area is 133 Å². The second kappa shape index (κ2) is 8.66. The average Bonchev–Trinajstić information content (AvgIpc) is 2.81. The number of hydrogen-bond acceptors (Lipinski definition) is 3. The monoisotopic (exact) mass is 305 g/mol. The van der Waals surface area contributed by atoms with E-state index in [-0.39, 0.29) is 5.91 Å². The first-order chi connectivity index (χ1) is 10.7. The van der Waals surface area contributed by atoms with Crippen molar-refractivity contribution >= 4 is 5.91 Å². The summed E-state index contributed by atoms with van der Waals surface area (Å²) in [6.07, 6.45) is 7.35. The van der Waals surface area contributed by atoms with Gasteiger partial charge in [0.05, 0.1) is 7.11 Å². The Kier molecular flexibility index (Phi) is 6.56. The molecule has 1 aromatic rings. The number of methoxy groups -OCH3 is 1. The predicted octanol–water partition coefficient (Wildman–Crippen LogP) is 3.69. The molecule has 22 heavy (non-hydrogen) atoms. The van der Waals surface area contributed by atoms with Crippen LogP contribution in [0.15, 0.2) is 24.3 Å². The summed E-state index contributed by atoms with van der Waals surface area (Å²) in [5.41, 5.74) is 0. The van der Waals surface area contributed by atoms with E-state index < -0.39 is 6.10 Å². The lowest BCUT2D eigenvalue weighted by atomic mass is 10.1. The molecule has 4 nitrogen and oxygen atoms in total. The molecule has 0 unspecified atom stereocenters. The fourth-order valence-electron chi connectivity index (χ4n) is 2.88. The van der Waals surface area contributed by atoms with Crippen LogP contribution < -0.4 is 14.8 Å². The van der Waals surface area contributed by atoms with Crippen molar-refractivity contribution in [3.8, 4) is 11.5 Å². The van der Waals surface area contributed by atoms with Gasteiger partial charge in [-0.05, 0) is 31.4 Å². The Bertz CT molecular complexity index is 467. The van der Waals surface area contributed by atoms with E-state index in [2.05, 4.69) is 5.32 Å². The van der Waals surface area contributed by atoms with Gasteiger partial charge in [-0.25, -0.2) is 0 Å². The molecule has 1 saturated carbocycles. The van der Waals surface area contributed by atoms with Gasteiger partial charge in [-0.2, -0.15) is 0 Å². The van der Waals surface area contributed by atoms with Gasteiger partial charge in [0.2, 0.25) is 0 Å². The van der Waals surface area contributed by atoms with Gasteiger partial charge < -0.3 is 14.8 Å². The summed E-state index contributed by atoms with van der Waals surface area (Å²) in [6.45, 7) is 1.97. The molecule has 0 aliphatic heterocycles. The van der Waals surface area contributed by atoms with Gasteiger partial charge in [-0.15, -0.1) is 0 Å². The van der Waals surface area contributed by atoms with Crippen LogP contribution in [-0.2, 0) is 4.79 Å². The summed E-state index contributed by atoms with van der Waals surface area (Å²) in [5, 5.41) is 3.16. The zero-order valence-corrected chi connectivity index (χ0v) is 13.6. The van der Waals surface area contributed by atoms with E-state index in [4.69, 9.17) is 9.47 Å². The maximum Gasteiger partial charge on any atom is 0.261 e. The Morgan fingerprint density at radius 2 is 1.91 bits per heavy atom. The van der Waals surface area contributed by atoms with Crippen LogP contribution in [0.1, 0.15) is 51.9 Å². The average molecular weight is 305 g/mol. The van der Waals surface area contributed by atoms with Gasteiger partial charge in [-0.3, -0.25) is 4.79 Å². The molecule has 2 rings (SSSR count). The van der Waals surface area contributed by atoms with E-state index >= 15 is 0 Å². The molecule has 1 aliphatic rings. The molecule has 1 N–H and O–H groups in total. The van der Waals surface area contributed by atoms with Crippen molar-refractivity contribution < 1.29 is 14.3 Å². The molecule has 0 spiro atoms. The number of rotatable bonds is 6. The minimum Gasteiger partial charge on any atom is -0.497 e. The minimum atomic E-state index is -0.449. The van der Waals surface area contributed by atoms with E-state index in [9.17, 15) is 4.79 Å². The Morgan fingerprint density at radius 3 is 2.55 bits per heavy atom. The summed E-state index contributed by atoms with van der Waals surface area (Å²) in [7, 11) is 1.62. The maximum absolute atomic E-state index is 12.4. The lowest BCUT2D eigenvalue weighted by Crippen LogP contribution is -2.43. The highest BCUT2D eigenvalue weighted by atomic mass is 16.5. The van der Waals surface area contributed by atoms with E-state index in [1.54, 1.807) is 7.11 Å². The summed E-state index contributed by atoms with van der Waals surface area (Å²) in [5.74, 6) is 1.40. The zero-order valence-electron chi connectivity index (χ0n) is 13.6. The summed E-state index contributed by atoms with van der Waals surface area (Å²) < 4.78 is 11.0. The lowest BCUT2D eigenvalue weighted by molar-refractivity contribution is -0.128. The standard InChI is InChI=1S/C18H27NO3/c1-3-17(22-16-12-8-11-15(13-16)21-2)18(20)19-14-9-6-4-5-7-10-14/h8,11-14,17H,3-7,9-10H2,1-2H3,(H,19,20)/t17-/m0/s1. The molecule has 1 atom stereocenters. The quantitative estimate of drug-likeness (QED) is 0.815. The third-order valence-electron chi connectivity index (χ3n) is 4.18. The number of ether oxygens (including phenoxy) is 2. The van der Waals surface area contributed by atoms with Crippen LogP contribution in [0.4, 0.5) is 0 Å². The predicted molar refractivity (Wildman–Crippen MR) is 87.3 cm³/mol. The zero-order chi connectivity index (χ0) is 15.8. The van der Waals surface area contributed by atoms with Crippen LogP contribution in [0.5, 0.6) is 11.5 Å². The first-order valence-corrected chi connectivity index (χ1v) is 8.34. The number of amides is 1. The summed E-state index contributed by atoms with van der Waals surface area (Å²) in [6, 6.07) is 7.69. The van der Waals surface area contributed by atoms with Crippen molar-refractivity contribution in [1.29, 1.82) is 0 Å². The van der Waals surface area contributed by atoms with Crippen molar-refractivity contribution in [2.75, 3.05) is 7.11 Å². The smallest absolute Gasteiger partial charge is 0.261 e. The van der Waals surface area contributed by atoms with E-state index in [1.807, 2.05) is 31.2 Å². The number of hydrogen-bond donors (Lipinski definition) is 1. The Morgan fingerprint density at radius 1 is 1.23 bits per heavy atom. The molecular weight excluding hydrogens is 278 g/mol. The normalized spacial score (nSPS) is 17.4. The van der Waals surface area contributed by atoms with Gasteiger partial charge in [0.25, 0.3) is 5.91 Å². The first kappa shape index (κ1) is 16.7. The van der Waals surface area contributed by atoms with Crippen LogP contribution in [0.25, 0.3) is 0 Å². The number of carbonyl (C=O) groups is 1. The molecule has 0 aromatic heterocycles. The van der Waals surface area contributed by atoms with E-state index in [0.29, 0.717) is 18.2 Å². The van der Waals surface area contributed by atoms with Crippen molar-refractivity contribution in [3.63, 3.8) is 0 Å². The largest absolute Gasteiger partial charge is 0.497 e. The summed E-state index contributed by atoms with van der Waals surface area (Å²) in [4.78, 5) is 12.4. The Balaban J connectivity index is 1.92. The fraction of sp³-hybridized carbons (Fsp3) is 0.611. The van der Waals surface area contributed by atoms with Crippen molar-refractivity contribution in [2.24, 2.45) is 0 Å². The lowest BCUT2D eigenvalue weighted by Gasteiger charge is -2.22. The minimum absolute atomic E-state index is 0.00257. The molecule has 0 saturated heterocycles. The molecular formula is C18H27NO3. The fourth-order valence-corrected chi connectivity index (χ4v) is 2.88. The summed E-state index contributed by atoms with van der Waals surface area (Å²) >= 11 is 0. The van der Waals surface area contributed by atoms with Gasteiger partial charge >= 0.3 is 0 Å². The third kappa shape index (κ3) is 4.93. The molecule has 0 bridgehead atoms. The second-order valence-electron chi connectivity index (χ2n) is 5.89. The van der Waals surface area contributed by atoms with Crippen molar-refractivity contribution in [3.05, 3.63) is 24.3 Å². The van der Waals surface area contributed by atoms with Gasteiger partial charge in [-0.1, -0.05) is 38.7 Å². The van der Waals surface area contributed by atoms with Gasteiger partial charge in [0, 0.05) is 12.1 Å².